The number of halogens is 2. The van der Waals surface area contributed by atoms with Gasteiger partial charge in [-0.05, 0) is 12.1 Å². The van der Waals surface area contributed by atoms with Crippen molar-refractivity contribution in [3.05, 3.63) is 34.9 Å². The molecule has 0 heterocycles. The van der Waals surface area contributed by atoms with Crippen LogP contribution in [0.25, 0.3) is 0 Å². The van der Waals surface area contributed by atoms with Gasteiger partial charge in [-0.2, -0.15) is 0 Å². The number of hydrogen-bond donors (Lipinski definition) is 1. The van der Waals surface area contributed by atoms with Crippen molar-refractivity contribution in [1.29, 1.82) is 0 Å². The van der Waals surface area contributed by atoms with Gasteiger partial charge in [0, 0.05) is 5.56 Å². The molecule has 0 saturated heterocycles. The first-order valence-corrected chi connectivity index (χ1v) is 4.27. The summed E-state index contributed by atoms with van der Waals surface area (Å²) in [6.45, 7) is -0.415. The summed E-state index contributed by atoms with van der Waals surface area (Å²) in [6.07, 6.45) is 0. The zero-order valence-corrected chi connectivity index (χ0v) is 8.38. The Morgan fingerprint density at radius 1 is 1.44 bits per heavy atom. The van der Waals surface area contributed by atoms with Crippen LogP contribution in [0, 0.1) is 23.5 Å². The lowest BCUT2D eigenvalue weighted by Gasteiger charge is -2.03. The number of carbonyl (C=O) groups excluding carboxylic acids is 1. The van der Waals surface area contributed by atoms with Crippen molar-refractivity contribution in [2.75, 3.05) is 13.7 Å². The average molecular weight is 226 g/mol. The Bertz CT molecular complexity index is 449. The van der Waals surface area contributed by atoms with Gasteiger partial charge in [-0.1, -0.05) is 11.8 Å². The van der Waals surface area contributed by atoms with E-state index in [1.165, 1.54) is 0 Å². The Hall–Kier alpha value is -1.93. The second kappa shape index (κ2) is 5.24. The number of carbonyl (C=O) groups is 1. The van der Waals surface area contributed by atoms with E-state index in [0.29, 0.717) is 0 Å². The molecule has 0 aliphatic carbocycles. The molecular formula is C11H8F2O3. The van der Waals surface area contributed by atoms with Gasteiger partial charge < -0.3 is 9.84 Å². The highest BCUT2D eigenvalue weighted by atomic mass is 19.1. The summed E-state index contributed by atoms with van der Waals surface area (Å²) in [5.41, 5.74) is -0.714. The second-order valence-electron chi connectivity index (χ2n) is 2.77. The number of methoxy groups -OCH3 is 1. The molecule has 16 heavy (non-hydrogen) atoms. The number of ether oxygens (including phenoxy) is 1. The minimum absolute atomic E-state index is 0.0386. The van der Waals surface area contributed by atoms with Crippen LogP contribution in [0.4, 0.5) is 8.78 Å². The molecule has 0 aromatic heterocycles. The third-order valence-electron chi connectivity index (χ3n) is 1.74. The van der Waals surface area contributed by atoms with Crippen LogP contribution in [0.15, 0.2) is 12.1 Å². The number of esters is 1. The Balaban J connectivity index is 3.22. The molecular weight excluding hydrogens is 218 g/mol. The Kier molecular flexibility index (Phi) is 3.97. The van der Waals surface area contributed by atoms with Crippen LogP contribution in [0.3, 0.4) is 0 Å². The van der Waals surface area contributed by atoms with Crippen LogP contribution in [-0.4, -0.2) is 24.8 Å². The van der Waals surface area contributed by atoms with E-state index in [1.807, 2.05) is 0 Å². The number of aliphatic hydroxyl groups is 1. The summed E-state index contributed by atoms with van der Waals surface area (Å²) in [4.78, 5) is 11.0. The predicted octanol–water partition coefficient (Wildman–Crippen LogP) is 1.10. The van der Waals surface area contributed by atoms with Gasteiger partial charge in [-0.3, -0.25) is 0 Å². The summed E-state index contributed by atoms with van der Waals surface area (Å²) in [5, 5.41) is 8.41. The first-order chi connectivity index (χ1) is 7.60. The summed E-state index contributed by atoms with van der Waals surface area (Å²) in [6, 6.07) is 1.80. The molecule has 0 aliphatic rings. The minimum Gasteiger partial charge on any atom is -0.465 e. The molecule has 0 fully saturated rings. The fourth-order valence-electron chi connectivity index (χ4n) is 1.08. The molecule has 1 N–H and O–H groups in total. The number of aliphatic hydroxyl groups excluding tert-OH is 1. The number of hydrogen-bond acceptors (Lipinski definition) is 3. The van der Waals surface area contributed by atoms with E-state index in [4.69, 9.17) is 5.11 Å². The van der Waals surface area contributed by atoms with E-state index in [0.717, 1.165) is 19.2 Å². The van der Waals surface area contributed by atoms with E-state index in [9.17, 15) is 13.6 Å². The van der Waals surface area contributed by atoms with Crippen LogP contribution in [0.1, 0.15) is 15.9 Å². The van der Waals surface area contributed by atoms with Crippen molar-refractivity contribution < 1.29 is 23.4 Å². The molecule has 0 amide bonds. The van der Waals surface area contributed by atoms with E-state index < -0.39 is 29.8 Å². The van der Waals surface area contributed by atoms with Crippen LogP contribution in [0.5, 0.6) is 0 Å². The number of rotatable bonds is 1. The fourth-order valence-corrected chi connectivity index (χ4v) is 1.08. The zero-order chi connectivity index (χ0) is 12.1. The van der Waals surface area contributed by atoms with Crippen molar-refractivity contribution >= 4 is 5.97 Å². The van der Waals surface area contributed by atoms with Crippen LogP contribution in [-0.2, 0) is 4.74 Å². The summed E-state index contributed by atoms with van der Waals surface area (Å²) in [7, 11) is 1.03. The normalized spacial score (nSPS) is 9.25. The summed E-state index contributed by atoms with van der Waals surface area (Å²) < 4.78 is 30.8. The monoisotopic (exact) mass is 226 g/mol. The Labute approximate surface area is 90.7 Å². The molecule has 1 aromatic rings. The van der Waals surface area contributed by atoms with Crippen molar-refractivity contribution in [2.24, 2.45) is 0 Å². The van der Waals surface area contributed by atoms with Gasteiger partial charge in [-0.15, -0.1) is 0 Å². The van der Waals surface area contributed by atoms with Gasteiger partial charge in [0.05, 0.1) is 7.11 Å². The van der Waals surface area contributed by atoms with Crippen molar-refractivity contribution in [1.82, 2.24) is 0 Å². The summed E-state index contributed by atoms with van der Waals surface area (Å²) >= 11 is 0. The van der Waals surface area contributed by atoms with Gasteiger partial charge in [0.1, 0.15) is 23.8 Å². The van der Waals surface area contributed by atoms with E-state index >= 15 is 0 Å². The lowest BCUT2D eigenvalue weighted by atomic mass is 10.1. The van der Waals surface area contributed by atoms with Gasteiger partial charge in [0.15, 0.2) is 0 Å². The van der Waals surface area contributed by atoms with Gasteiger partial charge in [0.2, 0.25) is 0 Å². The molecule has 3 nitrogen and oxygen atoms in total. The van der Waals surface area contributed by atoms with E-state index in [1.54, 1.807) is 0 Å². The van der Waals surface area contributed by atoms with Crippen LogP contribution < -0.4 is 0 Å². The third kappa shape index (κ3) is 2.55. The molecule has 1 rings (SSSR count). The standard InChI is InChI=1S/C11H8F2O3/c1-16-11(15)10-8(12)5-7(3-2-4-14)6-9(10)13/h5-6,14H,4H2,1H3. The SMILES string of the molecule is COC(=O)c1c(F)cc(C#CCO)cc1F. The zero-order valence-electron chi connectivity index (χ0n) is 8.38. The second-order valence-corrected chi connectivity index (χ2v) is 2.77. The molecule has 5 heteroatoms. The highest BCUT2D eigenvalue weighted by Gasteiger charge is 2.18. The first kappa shape index (κ1) is 12.1. The molecule has 0 bridgehead atoms. The molecule has 0 aliphatic heterocycles. The van der Waals surface area contributed by atoms with Crippen LogP contribution in [0.2, 0.25) is 0 Å². The molecule has 84 valence electrons. The molecule has 1 aromatic carbocycles. The van der Waals surface area contributed by atoms with E-state index in [2.05, 4.69) is 16.6 Å². The van der Waals surface area contributed by atoms with Crippen LogP contribution >= 0.6 is 0 Å². The average Bonchev–Trinajstić information content (AvgIpc) is 2.25. The quantitative estimate of drug-likeness (QED) is 0.576. The minimum atomic E-state index is -1.09. The van der Waals surface area contributed by atoms with Gasteiger partial charge in [0.25, 0.3) is 0 Å². The maximum atomic E-state index is 13.3. The van der Waals surface area contributed by atoms with Crippen molar-refractivity contribution in [2.45, 2.75) is 0 Å². The highest BCUT2D eigenvalue weighted by Crippen LogP contribution is 2.15. The first-order valence-electron chi connectivity index (χ1n) is 4.27. The maximum absolute atomic E-state index is 13.3. The Morgan fingerprint density at radius 2 is 2.00 bits per heavy atom. The lowest BCUT2D eigenvalue weighted by molar-refractivity contribution is 0.0590. The number of benzene rings is 1. The van der Waals surface area contributed by atoms with Gasteiger partial charge >= 0.3 is 5.97 Å². The topological polar surface area (TPSA) is 46.5 Å². The molecule has 0 saturated carbocycles. The molecule has 0 unspecified atom stereocenters. The molecule has 0 atom stereocenters. The maximum Gasteiger partial charge on any atom is 0.343 e. The fraction of sp³-hybridized carbons (Fsp3) is 0.182. The predicted molar refractivity (Wildman–Crippen MR) is 51.7 cm³/mol. The van der Waals surface area contributed by atoms with Gasteiger partial charge in [-0.25, -0.2) is 13.6 Å². The molecule has 0 radical (unpaired) electrons. The van der Waals surface area contributed by atoms with Crippen molar-refractivity contribution in [3.63, 3.8) is 0 Å². The molecule has 0 spiro atoms. The summed E-state index contributed by atoms with van der Waals surface area (Å²) in [5.74, 6) is 1.39. The Morgan fingerprint density at radius 3 is 2.44 bits per heavy atom. The highest BCUT2D eigenvalue weighted by molar-refractivity contribution is 5.90. The third-order valence-corrected chi connectivity index (χ3v) is 1.74. The largest absolute Gasteiger partial charge is 0.465 e. The van der Waals surface area contributed by atoms with Crippen molar-refractivity contribution in [3.8, 4) is 11.8 Å². The lowest BCUT2D eigenvalue weighted by Crippen LogP contribution is -2.08. The smallest absolute Gasteiger partial charge is 0.343 e. The van der Waals surface area contributed by atoms with E-state index in [-0.39, 0.29) is 5.56 Å².